The fraction of sp³-hybridized carbons (Fsp3) is 0.789. The first-order valence-corrected chi connectivity index (χ1v) is 8.94. The van der Waals surface area contributed by atoms with Crippen molar-refractivity contribution in [2.24, 2.45) is 10.8 Å². The van der Waals surface area contributed by atoms with Crippen molar-refractivity contribution >= 4 is 12.1 Å². The van der Waals surface area contributed by atoms with E-state index in [-0.39, 0.29) is 17.9 Å². The highest BCUT2D eigenvalue weighted by molar-refractivity contribution is 5.81. The maximum Gasteiger partial charge on any atom is 0.410 e. The number of methoxy groups -OCH3 is 1. The first-order chi connectivity index (χ1) is 11.5. The van der Waals surface area contributed by atoms with E-state index in [9.17, 15) is 14.7 Å². The van der Waals surface area contributed by atoms with Crippen molar-refractivity contribution in [2.45, 2.75) is 64.1 Å². The maximum atomic E-state index is 12.9. The molecule has 2 saturated carbocycles. The van der Waals surface area contributed by atoms with Gasteiger partial charge in [-0.1, -0.05) is 6.58 Å². The molecule has 1 aliphatic heterocycles. The highest BCUT2D eigenvalue weighted by Crippen LogP contribution is 2.67. The molecule has 0 aromatic heterocycles. The molecule has 1 spiro atoms. The molecule has 2 aliphatic carbocycles. The molecule has 1 saturated heterocycles. The number of esters is 1. The van der Waals surface area contributed by atoms with Crippen LogP contribution in [0.1, 0.15) is 52.9 Å². The lowest BCUT2D eigenvalue weighted by Gasteiger charge is -2.55. The molecule has 0 aromatic rings. The number of ether oxygens (including phenoxy) is 2. The van der Waals surface area contributed by atoms with Crippen LogP contribution >= 0.6 is 0 Å². The molecule has 140 valence electrons. The van der Waals surface area contributed by atoms with Crippen LogP contribution in [0.5, 0.6) is 0 Å². The Morgan fingerprint density at radius 2 is 1.92 bits per heavy atom. The Labute approximate surface area is 149 Å². The third kappa shape index (κ3) is 2.65. The van der Waals surface area contributed by atoms with E-state index in [1.165, 1.54) is 7.11 Å². The Morgan fingerprint density at radius 3 is 2.52 bits per heavy atom. The molecule has 0 unspecified atom stereocenters. The molecule has 0 aromatic carbocycles. The molecule has 3 rings (SSSR count). The maximum absolute atomic E-state index is 12.9. The minimum absolute atomic E-state index is 0.276. The number of carbonyl (C=O) groups excluding carboxylic acids is 2. The number of aliphatic hydroxyl groups is 1. The molecule has 0 radical (unpaired) electrons. The third-order valence-electron chi connectivity index (χ3n) is 6.37. The van der Waals surface area contributed by atoms with Gasteiger partial charge in [0.25, 0.3) is 0 Å². The summed E-state index contributed by atoms with van der Waals surface area (Å²) in [6.45, 7) is 10.3. The van der Waals surface area contributed by atoms with Gasteiger partial charge in [-0.2, -0.15) is 0 Å². The summed E-state index contributed by atoms with van der Waals surface area (Å²) < 4.78 is 10.7. The van der Waals surface area contributed by atoms with Crippen LogP contribution in [0.4, 0.5) is 4.79 Å². The van der Waals surface area contributed by atoms with E-state index in [1.54, 1.807) is 4.90 Å². The second kappa shape index (κ2) is 5.47. The monoisotopic (exact) mass is 351 g/mol. The highest BCUT2D eigenvalue weighted by atomic mass is 16.6. The number of fused-ring (bicyclic) bond motifs is 1. The van der Waals surface area contributed by atoms with E-state index >= 15 is 0 Å². The second-order valence-corrected chi connectivity index (χ2v) is 8.99. The number of carbonyl (C=O) groups is 2. The van der Waals surface area contributed by atoms with Crippen LogP contribution in [0, 0.1) is 10.8 Å². The van der Waals surface area contributed by atoms with Crippen LogP contribution < -0.4 is 0 Å². The fourth-order valence-electron chi connectivity index (χ4n) is 5.09. The molecular formula is C19H29NO5. The molecule has 6 heteroatoms. The second-order valence-electron chi connectivity index (χ2n) is 8.99. The number of hydrogen-bond donors (Lipinski definition) is 1. The fourth-order valence-corrected chi connectivity index (χ4v) is 5.09. The average molecular weight is 351 g/mol. The predicted molar refractivity (Wildman–Crippen MR) is 91.9 cm³/mol. The third-order valence-corrected chi connectivity index (χ3v) is 6.37. The molecule has 3 fully saturated rings. The van der Waals surface area contributed by atoms with Crippen LogP contribution in [-0.4, -0.2) is 53.5 Å². The standard InChI is InChI=1S/C19H29NO5/c1-13-10-17-8-9-20(15(22)25-16(2,3)4)12-18(17,14(21)24-5)6-7-19(13,23)11-17/h23H,1,6-12H2,2-5H3/t17-,18-,19+/m1/s1. The Kier molecular flexibility index (Phi) is 3.99. The van der Waals surface area contributed by atoms with Crippen molar-refractivity contribution in [2.75, 3.05) is 20.2 Å². The van der Waals surface area contributed by atoms with Gasteiger partial charge in [0.1, 0.15) is 5.60 Å². The largest absolute Gasteiger partial charge is 0.469 e. The Balaban J connectivity index is 1.93. The van der Waals surface area contributed by atoms with Gasteiger partial charge < -0.3 is 19.5 Å². The average Bonchev–Trinajstić information content (AvgIpc) is 2.71. The van der Waals surface area contributed by atoms with E-state index in [0.29, 0.717) is 38.6 Å². The van der Waals surface area contributed by atoms with Crippen molar-refractivity contribution in [1.82, 2.24) is 4.90 Å². The summed E-state index contributed by atoms with van der Waals surface area (Å²) in [6, 6.07) is 0. The molecular weight excluding hydrogens is 322 g/mol. The normalized spacial score (nSPS) is 37.5. The number of nitrogens with zero attached hydrogens (tertiary/aromatic N) is 1. The van der Waals surface area contributed by atoms with Crippen molar-refractivity contribution < 1.29 is 24.2 Å². The van der Waals surface area contributed by atoms with Crippen molar-refractivity contribution in [1.29, 1.82) is 0 Å². The summed E-state index contributed by atoms with van der Waals surface area (Å²) in [5, 5.41) is 10.9. The van der Waals surface area contributed by atoms with Crippen LogP contribution in [0.25, 0.3) is 0 Å². The lowest BCUT2D eigenvalue weighted by Crippen LogP contribution is -2.62. The number of hydrogen-bond acceptors (Lipinski definition) is 5. The minimum Gasteiger partial charge on any atom is -0.469 e. The lowest BCUT2D eigenvalue weighted by molar-refractivity contribution is -0.180. The molecule has 1 N–H and O–H groups in total. The predicted octanol–water partition coefficient (Wildman–Crippen LogP) is 2.65. The molecule has 1 heterocycles. The molecule has 3 atom stereocenters. The smallest absolute Gasteiger partial charge is 0.410 e. The SMILES string of the molecule is C=C1C[C@@]23CCN(C(=O)OC(C)(C)C)C[C@@]2(C(=O)OC)CC[C@]1(O)C3. The number of rotatable bonds is 1. The zero-order valence-electron chi connectivity index (χ0n) is 15.7. The van der Waals surface area contributed by atoms with Crippen molar-refractivity contribution in [3.8, 4) is 0 Å². The molecule has 3 aliphatic rings. The minimum atomic E-state index is -0.883. The van der Waals surface area contributed by atoms with Gasteiger partial charge in [-0.15, -0.1) is 0 Å². The Hall–Kier alpha value is -1.56. The Morgan fingerprint density at radius 1 is 1.24 bits per heavy atom. The summed E-state index contributed by atoms with van der Waals surface area (Å²) in [4.78, 5) is 27.0. The first kappa shape index (κ1) is 18.2. The topological polar surface area (TPSA) is 76.1 Å². The molecule has 1 amide bonds. The van der Waals surface area contributed by atoms with Gasteiger partial charge in [0.05, 0.1) is 18.1 Å². The Bertz CT molecular complexity index is 624. The van der Waals surface area contributed by atoms with Crippen LogP contribution in [-0.2, 0) is 14.3 Å². The van der Waals surface area contributed by atoms with E-state index < -0.39 is 22.7 Å². The lowest BCUT2D eigenvalue weighted by atomic mass is 9.53. The van der Waals surface area contributed by atoms with Gasteiger partial charge in [-0.25, -0.2) is 4.79 Å². The van der Waals surface area contributed by atoms with Gasteiger partial charge in [0.15, 0.2) is 0 Å². The van der Waals surface area contributed by atoms with Gasteiger partial charge in [0.2, 0.25) is 0 Å². The van der Waals surface area contributed by atoms with Crippen molar-refractivity contribution in [3.63, 3.8) is 0 Å². The summed E-state index contributed by atoms with van der Waals surface area (Å²) in [7, 11) is 1.39. The highest BCUT2D eigenvalue weighted by Gasteiger charge is 2.69. The first-order valence-electron chi connectivity index (χ1n) is 8.94. The molecule has 6 nitrogen and oxygen atoms in total. The summed E-state index contributed by atoms with van der Waals surface area (Å²) >= 11 is 0. The zero-order chi connectivity index (χ0) is 18.7. The van der Waals surface area contributed by atoms with Gasteiger partial charge >= 0.3 is 12.1 Å². The van der Waals surface area contributed by atoms with E-state index in [2.05, 4.69) is 6.58 Å². The summed E-state index contributed by atoms with van der Waals surface area (Å²) in [5.41, 5.74) is -1.85. The zero-order valence-corrected chi connectivity index (χ0v) is 15.7. The van der Waals surface area contributed by atoms with E-state index in [0.717, 1.165) is 5.57 Å². The molecule has 2 bridgehead atoms. The van der Waals surface area contributed by atoms with Crippen LogP contribution in [0.2, 0.25) is 0 Å². The number of likely N-dealkylation sites (tertiary alicyclic amines) is 1. The van der Waals surface area contributed by atoms with Crippen LogP contribution in [0.3, 0.4) is 0 Å². The summed E-state index contributed by atoms with van der Waals surface area (Å²) in [6.07, 6.45) is 2.35. The van der Waals surface area contributed by atoms with E-state index in [4.69, 9.17) is 9.47 Å². The van der Waals surface area contributed by atoms with Gasteiger partial charge in [0, 0.05) is 13.1 Å². The number of amides is 1. The van der Waals surface area contributed by atoms with Crippen LogP contribution in [0.15, 0.2) is 12.2 Å². The van der Waals surface area contributed by atoms with Gasteiger partial charge in [-0.3, -0.25) is 4.79 Å². The summed E-state index contributed by atoms with van der Waals surface area (Å²) in [5.74, 6) is -0.294. The molecule has 25 heavy (non-hydrogen) atoms. The number of piperidine rings is 1. The van der Waals surface area contributed by atoms with E-state index in [1.807, 2.05) is 20.8 Å². The van der Waals surface area contributed by atoms with Crippen molar-refractivity contribution in [3.05, 3.63) is 12.2 Å². The van der Waals surface area contributed by atoms with Gasteiger partial charge in [-0.05, 0) is 63.9 Å². The quantitative estimate of drug-likeness (QED) is 0.580.